The van der Waals surface area contributed by atoms with E-state index in [9.17, 15) is 0 Å². The third kappa shape index (κ3) is 6.42. The van der Waals surface area contributed by atoms with Gasteiger partial charge in [-0.1, -0.05) is 13.8 Å². The Morgan fingerprint density at radius 3 is 2.59 bits per heavy atom. The quantitative estimate of drug-likeness (QED) is 0.766. The second-order valence-electron chi connectivity index (χ2n) is 7.00. The van der Waals surface area contributed by atoms with Crippen molar-refractivity contribution in [3.63, 3.8) is 0 Å². The van der Waals surface area contributed by atoms with Crippen LogP contribution in [0.4, 0.5) is 0 Å². The first kappa shape index (κ1) is 15.0. The Morgan fingerprint density at radius 1 is 1.29 bits per heavy atom. The van der Waals surface area contributed by atoms with Gasteiger partial charge in [-0.05, 0) is 65.5 Å². The lowest BCUT2D eigenvalue weighted by molar-refractivity contribution is 0.226. The molecule has 1 rings (SSSR count). The predicted molar refractivity (Wildman–Crippen MR) is 76.4 cm³/mol. The van der Waals surface area contributed by atoms with Crippen LogP contribution in [-0.2, 0) is 0 Å². The van der Waals surface area contributed by atoms with Crippen molar-refractivity contribution >= 4 is 0 Å². The molecule has 2 nitrogen and oxygen atoms in total. The molecule has 0 aromatic carbocycles. The fraction of sp³-hybridized carbons (Fsp3) is 1.00. The number of nitrogens with zero attached hydrogens (tertiary/aromatic N) is 1. The van der Waals surface area contributed by atoms with Gasteiger partial charge in [0.1, 0.15) is 0 Å². The summed E-state index contributed by atoms with van der Waals surface area (Å²) in [6, 6.07) is 0.779. The van der Waals surface area contributed by atoms with Crippen LogP contribution in [0.2, 0.25) is 0 Å². The van der Waals surface area contributed by atoms with Crippen molar-refractivity contribution < 1.29 is 0 Å². The summed E-state index contributed by atoms with van der Waals surface area (Å²) in [6.07, 6.45) is 5.50. The van der Waals surface area contributed by atoms with Gasteiger partial charge >= 0.3 is 0 Å². The van der Waals surface area contributed by atoms with Crippen LogP contribution in [0.25, 0.3) is 0 Å². The van der Waals surface area contributed by atoms with Gasteiger partial charge in [0.05, 0.1) is 0 Å². The van der Waals surface area contributed by atoms with E-state index in [0.29, 0.717) is 0 Å². The molecule has 1 heterocycles. The van der Waals surface area contributed by atoms with Gasteiger partial charge in [0, 0.05) is 18.1 Å². The van der Waals surface area contributed by atoms with E-state index in [1.807, 2.05) is 0 Å². The Bertz CT molecular complexity index is 205. The molecule has 0 aliphatic carbocycles. The molecule has 0 spiro atoms. The second kappa shape index (κ2) is 6.75. The first-order valence-corrected chi connectivity index (χ1v) is 7.37. The Balaban J connectivity index is 2.24. The summed E-state index contributed by atoms with van der Waals surface area (Å²) in [4.78, 5) is 2.70. The van der Waals surface area contributed by atoms with E-state index in [4.69, 9.17) is 0 Å². The van der Waals surface area contributed by atoms with Gasteiger partial charge in [0.15, 0.2) is 0 Å². The highest BCUT2D eigenvalue weighted by molar-refractivity contribution is 4.83. The molecule has 1 atom stereocenters. The van der Waals surface area contributed by atoms with Crippen molar-refractivity contribution in [3.05, 3.63) is 0 Å². The van der Waals surface area contributed by atoms with E-state index < -0.39 is 0 Å². The van der Waals surface area contributed by atoms with Crippen molar-refractivity contribution in [1.82, 2.24) is 10.2 Å². The Labute approximate surface area is 108 Å². The topological polar surface area (TPSA) is 15.3 Å². The molecule has 0 saturated carbocycles. The van der Waals surface area contributed by atoms with Gasteiger partial charge in [0.2, 0.25) is 0 Å². The summed E-state index contributed by atoms with van der Waals surface area (Å²) in [7, 11) is 0. The highest BCUT2D eigenvalue weighted by Crippen LogP contribution is 2.18. The first-order chi connectivity index (χ1) is 7.88. The van der Waals surface area contributed by atoms with E-state index >= 15 is 0 Å². The van der Waals surface area contributed by atoms with Gasteiger partial charge in [-0.3, -0.25) is 4.90 Å². The molecule has 0 aromatic heterocycles. The van der Waals surface area contributed by atoms with E-state index in [-0.39, 0.29) is 5.54 Å². The maximum Gasteiger partial charge on any atom is 0.0221 e. The zero-order valence-corrected chi connectivity index (χ0v) is 12.6. The van der Waals surface area contributed by atoms with Gasteiger partial charge in [-0.2, -0.15) is 0 Å². The van der Waals surface area contributed by atoms with Gasteiger partial charge in [-0.25, -0.2) is 0 Å². The van der Waals surface area contributed by atoms with Crippen LogP contribution in [0.1, 0.15) is 60.3 Å². The molecule has 1 unspecified atom stereocenters. The Hall–Kier alpha value is -0.0800. The fourth-order valence-electron chi connectivity index (χ4n) is 2.55. The lowest BCUT2D eigenvalue weighted by atomic mass is 10.1. The fourth-order valence-corrected chi connectivity index (χ4v) is 2.55. The van der Waals surface area contributed by atoms with Crippen molar-refractivity contribution in [2.24, 2.45) is 5.92 Å². The molecule has 1 fully saturated rings. The normalized spacial score (nSPS) is 22.6. The van der Waals surface area contributed by atoms with Crippen LogP contribution in [0.5, 0.6) is 0 Å². The minimum absolute atomic E-state index is 0.256. The van der Waals surface area contributed by atoms with Crippen LogP contribution in [0.3, 0.4) is 0 Å². The first-order valence-electron chi connectivity index (χ1n) is 7.37. The standard InChI is InChI=1S/C15H32N2/c1-13(2)8-6-10-17-11-7-9-14(17)12-16-15(3,4)5/h13-14,16H,6-12H2,1-5H3. The zero-order valence-electron chi connectivity index (χ0n) is 12.6. The molecule has 0 bridgehead atoms. The molecule has 1 aliphatic rings. The third-order valence-electron chi connectivity index (χ3n) is 3.59. The smallest absolute Gasteiger partial charge is 0.0221 e. The summed E-state index contributed by atoms with van der Waals surface area (Å²) in [5.41, 5.74) is 0.256. The van der Waals surface area contributed by atoms with Crippen LogP contribution in [0, 0.1) is 5.92 Å². The summed E-state index contributed by atoms with van der Waals surface area (Å²) < 4.78 is 0. The van der Waals surface area contributed by atoms with Crippen molar-refractivity contribution in [3.8, 4) is 0 Å². The molecule has 17 heavy (non-hydrogen) atoms. The number of nitrogens with one attached hydrogen (secondary N) is 1. The number of likely N-dealkylation sites (tertiary alicyclic amines) is 1. The maximum atomic E-state index is 3.65. The Kier molecular flexibility index (Phi) is 5.94. The minimum atomic E-state index is 0.256. The summed E-state index contributed by atoms with van der Waals surface area (Å²) in [5, 5.41) is 3.65. The van der Waals surface area contributed by atoms with Crippen LogP contribution in [0.15, 0.2) is 0 Å². The largest absolute Gasteiger partial charge is 0.311 e. The molecule has 2 heteroatoms. The molecule has 1 aliphatic heterocycles. The van der Waals surface area contributed by atoms with E-state index in [2.05, 4.69) is 44.8 Å². The van der Waals surface area contributed by atoms with Crippen molar-refractivity contribution in [1.29, 1.82) is 0 Å². The lowest BCUT2D eigenvalue weighted by Crippen LogP contribution is -2.45. The molecular weight excluding hydrogens is 208 g/mol. The van der Waals surface area contributed by atoms with Gasteiger partial charge in [0.25, 0.3) is 0 Å². The monoisotopic (exact) mass is 240 g/mol. The summed E-state index contributed by atoms with van der Waals surface area (Å²) in [5.74, 6) is 0.851. The van der Waals surface area contributed by atoms with E-state index in [0.717, 1.165) is 18.5 Å². The van der Waals surface area contributed by atoms with Crippen molar-refractivity contribution in [2.45, 2.75) is 71.9 Å². The lowest BCUT2D eigenvalue weighted by Gasteiger charge is -2.29. The molecule has 0 aromatic rings. The number of hydrogen-bond acceptors (Lipinski definition) is 2. The molecule has 0 amide bonds. The molecule has 1 N–H and O–H groups in total. The molecule has 1 saturated heterocycles. The molecule has 102 valence electrons. The zero-order chi connectivity index (χ0) is 12.9. The van der Waals surface area contributed by atoms with Gasteiger partial charge in [-0.15, -0.1) is 0 Å². The van der Waals surface area contributed by atoms with E-state index in [1.165, 1.54) is 38.8 Å². The highest BCUT2D eigenvalue weighted by atomic mass is 15.2. The number of hydrogen-bond donors (Lipinski definition) is 1. The number of rotatable bonds is 6. The minimum Gasteiger partial charge on any atom is -0.311 e. The average Bonchev–Trinajstić information content (AvgIpc) is 2.61. The maximum absolute atomic E-state index is 3.65. The summed E-state index contributed by atoms with van der Waals surface area (Å²) >= 11 is 0. The highest BCUT2D eigenvalue weighted by Gasteiger charge is 2.24. The average molecular weight is 240 g/mol. The Morgan fingerprint density at radius 2 is 2.00 bits per heavy atom. The SMILES string of the molecule is CC(C)CCCN1CCCC1CNC(C)(C)C. The van der Waals surface area contributed by atoms with Crippen molar-refractivity contribution in [2.75, 3.05) is 19.6 Å². The summed E-state index contributed by atoms with van der Waals surface area (Å²) in [6.45, 7) is 15.2. The van der Waals surface area contributed by atoms with Crippen LogP contribution >= 0.6 is 0 Å². The predicted octanol–water partition coefficient (Wildman–Crippen LogP) is 3.28. The third-order valence-corrected chi connectivity index (χ3v) is 3.59. The van der Waals surface area contributed by atoms with E-state index in [1.54, 1.807) is 0 Å². The molecule has 0 radical (unpaired) electrons. The second-order valence-corrected chi connectivity index (χ2v) is 7.00. The van der Waals surface area contributed by atoms with Crippen LogP contribution < -0.4 is 5.32 Å². The van der Waals surface area contributed by atoms with Gasteiger partial charge < -0.3 is 5.32 Å². The molecular formula is C15H32N2. The van der Waals surface area contributed by atoms with Crippen LogP contribution in [-0.4, -0.2) is 36.1 Å².